The molecule has 0 unspecified atom stereocenters. The number of imide groups is 1. The molecule has 7 nitrogen and oxygen atoms in total. The summed E-state index contributed by atoms with van der Waals surface area (Å²) in [6, 6.07) is 22.3. The predicted molar refractivity (Wildman–Crippen MR) is 181 cm³/mol. The summed E-state index contributed by atoms with van der Waals surface area (Å²) in [5, 5.41) is 10.8. The van der Waals surface area contributed by atoms with Gasteiger partial charge >= 0.3 is 0 Å². The van der Waals surface area contributed by atoms with Crippen molar-refractivity contribution in [2.24, 2.45) is 23.7 Å². The first kappa shape index (κ1) is 30.6. The molecule has 0 spiro atoms. The summed E-state index contributed by atoms with van der Waals surface area (Å²) in [6.45, 7) is 2.31. The number of ether oxygens (including phenoxy) is 1. The summed E-state index contributed by atoms with van der Waals surface area (Å²) >= 11 is 2.05. The lowest BCUT2D eigenvalue weighted by Gasteiger charge is -2.55. The number of halogens is 1. The summed E-state index contributed by atoms with van der Waals surface area (Å²) in [6.07, 6.45) is 4.87. The number of ketones is 2. The number of likely N-dealkylation sites (tertiary alicyclic amines) is 1. The summed E-state index contributed by atoms with van der Waals surface area (Å²) in [4.78, 5) is 59.0. The Morgan fingerprint density at radius 1 is 0.957 bits per heavy atom. The van der Waals surface area contributed by atoms with Crippen LogP contribution in [-0.4, -0.2) is 47.0 Å². The maximum Gasteiger partial charge on any atom is 0.233 e. The predicted octanol–water partition coefficient (Wildman–Crippen LogP) is 6.24. The van der Waals surface area contributed by atoms with E-state index in [0.717, 1.165) is 11.1 Å². The quantitative estimate of drug-likeness (QED) is 0.184. The van der Waals surface area contributed by atoms with E-state index in [1.807, 2.05) is 73.7 Å². The van der Waals surface area contributed by atoms with Gasteiger partial charge in [-0.15, -0.1) is 0 Å². The van der Waals surface area contributed by atoms with Gasteiger partial charge in [-0.05, 0) is 82.7 Å². The molecule has 1 saturated heterocycles. The number of methoxy groups -OCH3 is 1. The first-order valence-electron chi connectivity index (χ1n) is 15.8. The Morgan fingerprint density at radius 2 is 1.65 bits per heavy atom. The zero-order chi connectivity index (χ0) is 32.3. The van der Waals surface area contributed by atoms with Gasteiger partial charge in [-0.1, -0.05) is 79.2 Å². The van der Waals surface area contributed by atoms with E-state index in [1.165, 1.54) is 18.1 Å². The number of phenolic OH excluding ortho intramolecular Hbond substituents is 1. The van der Waals surface area contributed by atoms with E-state index < -0.39 is 35.0 Å². The highest BCUT2D eigenvalue weighted by Crippen LogP contribution is 2.64. The van der Waals surface area contributed by atoms with Crippen molar-refractivity contribution in [2.45, 2.75) is 37.5 Å². The van der Waals surface area contributed by atoms with Crippen molar-refractivity contribution < 1.29 is 29.0 Å². The van der Waals surface area contributed by atoms with Crippen LogP contribution in [-0.2, 0) is 24.6 Å². The zero-order valence-electron chi connectivity index (χ0n) is 25.6. The Bertz CT molecular complexity index is 1830. The lowest BCUT2D eigenvalue weighted by atomic mass is 9.44. The molecule has 1 saturated carbocycles. The molecule has 1 N–H and O–H groups in total. The fraction of sp³-hybridized carbons (Fsp3) is 0.316. The van der Waals surface area contributed by atoms with Gasteiger partial charge in [-0.2, -0.15) is 0 Å². The van der Waals surface area contributed by atoms with Crippen molar-refractivity contribution in [1.29, 1.82) is 0 Å². The fourth-order valence-electron chi connectivity index (χ4n) is 8.67. The Kier molecular flexibility index (Phi) is 7.74. The second-order valence-corrected chi connectivity index (χ2v) is 13.8. The van der Waals surface area contributed by atoms with Gasteiger partial charge in [0.1, 0.15) is 0 Å². The SMILES string of the molecule is CCCN1C(=O)[C@H]2[C@H](CC=C3[C@H]2C[C@H]2C(=O)C(c4ccccc4)=CC(=O)[C@@]2(c2ccccc2)[C@H]3c2cc(I)c(O)c(OC)c2)C1=O. The number of benzene rings is 3. The van der Waals surface area contributed by atoms with Crippen LogP contribution < -0.4 is 4.74 Å². The monoisotopic (exact) mass is 727 g/mol. The molecule has 0 aromatic heterocycles. The number of fused-ring (bicyclic) bond motifs is 4. The van der Waals surface area contributed by atoms with Crippen LogP contribution in [0.2, 0.25) is 0 Å². The number of hydrogen-bond acceptors (Lipinski definition) is 6. The lowest BCUT2D eigenvalue weighted by molar-refractivity contribution is -0.140. The minimum Gasteiger partial charge on any atom is -0.504 e. The minimum absolute atomic E-state index is 0.00806. The number of carbonyl (C=O) groups excluding carboxylic acids is 4. The number of aromatic hydroxyl groups is 1. The zero-order valence-corrected chi connectivity index (χ0v) is 27.8. The summed E-state index contributed by atoms with van der Waals surface area (Å²) < 4.78 is 6.13. The van der Waals surface area contributed by atoms with Gasteiger partial charge < -0.3 is 9.84 Å². The molecule has 0 bridgehead atoms. The van der Waals surface area contributed by atoms with E-state index in [-0.39, 0.29) is 41.3 Å². The third-order valence-electron chi connectivity index (χ3n) is 10.5. The molecule has 3 aliphatic carbocycles. The Labute approximate surface area is 281 Å². The molecule has 2 fully saturated rings. The van der Waals surface area contributed by atoms with Crippen LogP contribution in [0.15, 0.2) is 90.5 Å². The van der Waals surface area contributed by atoms with Gasteiger partial charge in [0, 0.05) is 24.0 Å². The van der Waals surface area contributed by atoms with E-state index in [0.29, 0.717) is 39.7 Å². The van der Waals surface area contributed by atoms with Crippen molar-refractivity contribution in [3.63, 3.8) is 0 Å². The molecule has 6 atom stereocenters. The molecule has 3 aromatic rings. The minimum atomic E-state index is -1.33. The largest absolute Gasteiger partial charge is 0.504 e. The van der Waals surface area contributed by atoms with E-state index in [2.05, 4.69) is 28.7 Å². The second kappa shape index (κ2) is 11.6. The molecular formula is C38H34INO6. The van der Waals surface area contributed by atoms with Crippen molar-refractivity contribution in [3.05, 3.63) is 111 Å². The normalized spacial score (nSPS) is 28.7. The van der Waals surface area contributed by atoms with Crippen molar-refractivity contribution >= 4 is 51.5 Å². The average Bonchev–Trinajstić information content (AvgIpc) is 3.32. The summed E-state index contributed by atoms with van der Waals surface area (Å²) in [5.74, 6) is -3.42. The van der Waals surface area contributed by atoms with Crippen LogP contribution in [0.3, 0.4) is 0 Å². The molecule has 2 amide bonds. The number of carbonyl (C=O) groups is 4. The van der Waals surface area contributed by atoms with E-state index in [9.17, 15) is 19.5 Å². The highest BCUT2D eigenvalue weighted by atomic mass is 127. The van der Waals surface area contributed by atoms with Crippen LogP contribution in [0.5, 0.6) is 11.5 Å². The third kappa shape index (κ3) is 4.36. The highest BCUT2D eigenvalue weighted by Gasteiger charge is 2.65. The number of allylic oxidation sites excluding steroid dienone is 4. The van der Waals surface area contributed by atoms with E-state index in [1.54, 1.807) is 6.07 Å². The van der Waals surface area contributed by atoms with Gasteiger partial charge in [0.15, 0.2) is 23.1 Å². The molecule has 4 aliphatic rings. The number of nitrogens with zero attached hydrogens (tertiary/aromatic N) is 1. The van der Waals surface area contributed by atoms with Gasteiger partial charge in [0.25, 0.3) is 0 Å². The maximum atomic E-state index is 15.1. The molecular weight excluding hydrogens is 693 g/mol. The summed E-state index contributed by atoms with van der Waals surface area (Å²) in [7, 11) is 1.48. The number of amides is 2. The van der Waals surface area contributed by atoms with E-state index >= 15 is 4.79 Å². The first-order valence-corrected chi connectivity index (χ1v) is 16.8. The van der Waals surface area contributed by atoms with E-state index in [4.69, 9.17) is 4.74 Å². The molecule has 7 rings (SSSR count). The Hall–Kier alpha value is -4.05. The van der Waals surface area contributed by atoms with Crippen LogP contribution in [0, 0.1) is 27.2 Å². The Balaban J connectivity index is 1.52. The molecule has 8 heteroatoms. The number of rotatable bonds is 6. The highest BCUT2D eigenvalue weighted by molar-refractivity contribution is 14.1. The van der Waals surface area contributed by atoms with Crippen LogP contribution >= 0.6 is 22.6 Å². The molecule has 3 aromatic carbocycles. The van der Waals surface area contributed by atoms with Gasteiger partial charge in [-0.25, -0.2) is 0 Å². The summed E-state index contributed by atoms with van der Waals surface area (Å²) in [5.41, 5.74) is 2.02. The molecule has 1 heterocycles. The van der Waals surface area contributed by atoms with Crippen LogP contribution in [0.4, 0.5) is 0 Å². The number of phenols is 1. The van der Waals surface area contributed by atoms with Crippen molar-refractivity contribution in [2.75, 3.05) is 13.7 Å². The molecule has 0 radical (unpaired) electrons. The van der Waals surface area contributed by atoms with Gasteiger partial charge in [0.2, 0.25) is 11.8 Å². The Morgan fingerprint density at radius 3 is 2.33 bits per heavy atom. The van der Waals surface area contributed by atoms with Gasteiger partial charge in [-0.3, -0.25) is 24.1 Å². The smallest absolute Gasteiger partial charge is 0.233 e. The lowest BCUT2D eigenvalue weighted by Crippen LogP contribution is -2.58. The second-order valence-electron chi connectivity index (χ2n) is 12.7. The number of hydrogen-bond donors (Lipinski definition) is 1. The first-order chi connectivity index (χ1) is 22.2. The fourth-order valence-corrected chi connectivity index (χ4v) is 9.30. The molecule has 234 valence electrons. The number of Topliss-reactive ketones (excluding diaryl/α,β-unsaturated/α-hetero) is 1. The topological polar surface area (TPSA) is 101 Å². The maximum absolute atomic E-state index is 15.1. The van der Waals surface area contributed by atoms with Crippen LogP contribution in [0.25, 0.3) is 5.57 Å². The van der Waals surface area contributed by atoms with Crippen LogP contribution in [0.1, 0.15) is 48.8 Å². The molecule has 46 heavy (non-hydrogen) atoms. The average molecular weight is 728 g/mol. The standard InChI is InChI=1S/C38H34INO6/c1-3-16-40-36(44)25-15-14-24-27(32(25)37(40)45)19-28-34(42)26(21-10-6-4-7-11-21)20-31(41)38(28,23-12-8-5-9-13-23)33(24)22-17-29(39)35(43)30(18-22)46-2/h4-14,17-18,20,25,27-28,32-33,43H,3,15-16,19H2,1-2H3/t25-,27+,28-,32-,33-,38-/m0/s1. The third-order valence-corrected chi connectivity index (χ3v) is 11.3. The molecule has 1 aliphatic heterocycles. The van der Waals surface area contributed by atoms with Gasteiger partial charge in [0.05, 0.1) is 27.9 Å². The van der Waals surface area contributed by atoms with Crippen molar-refractivity contribution in [1.82, 2.24) is 4.90 Å². The van der Waals surface area contributed by atoms with Crippen molar-refractivity contribution in [3.8, 4) is 11.5 Å².